The van der Waals surface area contributed by atoms with Gasteiger partial charge in [0.15, 0.2) is 5.78 Å². The molecule has 0 spiro atoms. The fraction of sp³-hybridized carbons (Fsp3) is 0.364. The molecule has 3 nitrogen and oxygen atoms in total. The molecule has 0 atom stereocenters. The SMILES string of the molecule is CC(=O)c1ccc(Br)cc1OCCCO. The molecule has 1 N–H and O–H groups in total. The lowest BCUT2D eigenvalue weighted by Crippen LogP contribution is -2.04. The number of halogens is 1. The van der Waals surface area contributed by atoms with Gasteiger partial charge in [0.2, 0.25) is 0 Å². The molecule has 0 amide bonds. The second-order valence-electron chi connectivity index (χ2n) is 3.12. The molecule has 82 valence electrons. The minimum atomic E-state index is -0.0264. The summed E-state index contributed by atoms with van der Waals surface area (Å²) in [5, 5.41) is 8.62. The Hall–Kier alpha value is -0.870. The Bertz CT molecular complexity index is 350. The molecule has 1 rings (SSSR count). The van der Waals surface area contributed by atoms with Crippen molar-refractivity contribution >= 4 is 21.7 Å². The zero-order chi connectivity index (χ0) is 11.3. The standard InChI is InChI=1S/C11H13BrO3/c1-8(14)10-4-3-9(12)7-11(10)15-6-2-5-13/h3-4,7,13H,2,5-6H2,1H3. The van der Waals surface area contributed by atoms with Crippen LogP contribution >= 0.6 is 15.9 Å². The number of ether oxygens (including phenoxy) is 1. The Morgan fingerprint density at radius 3 is 2.87 bits per heavy atom. The van der Waals surface area contributed by atoms with Crippen LogP contribution in [0, 0.1) is 0 Å². The first kappa shape index (κ1) is 12.2. The first-order valence-corrected chi connectivity index (χ1v) is 5.48. The third-order valence-electron chi connectivity index (χ3n) is 1.88. The second-order valence-corrected chi connectivity index (χ2v) is 4.04. The molecule has 0 radical (unpaired) electrons. The fourth-order valence-corrected chi connectivity index (χ4v) is 1.49. The van der Waals surface area contributed by atoms with Crippen molar-refractivity contribution in [3.05, 3.63) is 28.2 Å². The van der Waals surface area contributed by atoms with Crippen LogP contribution in [0.4, 0.5) is 0 Å². The van der Waals surface area contributed by atoms with Gasteiger partial charge in [0.05, 0.1) is 12.2 Å². The van der Waals surface area contributed by atoms with Crippen molar-refractivity contribution < 1.29 is 14.6 Å². The number of rotatable bonds is 5. The highest BCUT2D eigenvalue weighted by Crippen LogP contribution is 2.24. The highest BCUT2D eigenvalue weighted by atomic mass is 79.9. The molecule has 0 fully saturated rings. The van der Waals surface area contributed by atoms with Gasteiger partial charge in [0.1, 0.15) is 5.75 Å². The molecule has 0 bridgehead atoms. The number of benzene rings is 1. The largest absolute Gasteiger partial charge is 0.493 e. The normalized spacial score (nSPS) is 10.1. The third-order valence-corrected chi connectivity index (χ3v) is 2.38. The van der Waals surface area contributed by atoms with Crippen LogP contribution in [-0.2, 0) is 0 Å². The summed E-state index contributed by atoms with van der Waals surface area (Å²) >= 11 is 3.31. The van der Waals surface area contributed by atoms with Crippen molar-refractivity contribution in [1.82, 2.24) is 0 Å². The lowest BCUT2D eigenvalue weighted by atomic mass is 10.1. The van der Waals surface area contributed by atoms with Crippen LogP contribution < -0.4 is 4.74 Å². The number of hydrogen-bond donors (Lipinski definition) is 1. The van der Waals surface area contributed by atoms with Crippen LogP contribution in [0.15, 0.2) is 22.7 Å². The van der Waals surface area contributed by atoms with Crippen molar-refractivity contribution in [3.8, 4) is 5.75 Å². The summed E-state index contributed by atoms with van der Waals surface area (Å²) in [4.78, 5) is 11.3. The molecule has 1 aromatic rings. The van der Waals surface area contributed by atoms with Gasteiger partial charge in [-0.05, 0) is 25.1 Å². The highest BCUT2D eigenvalue weighted by molar-refractivity contribution is 9.10. The van der Waals surface area contributed by atoms with E-state index in [1.807, 2.05) is 0 Å². The van der Waals surface area contributed by atoms with Crippen molar-refractivity contribution in [3.63, 3.8) is 0 Å². The Morgan fingerprint density at radius 2 is 2.27 bits per heavy atom. The predicted molar refractivity (Wildman–Crippen MR) is 61.3 cm³/mol. The summed E-state index contributed by atoms with van der Waals surface area (Å²) in [6.45, 7) is 2.00. The molecule has 0 saturated heterocycles. The molecule has 0 aliphatic rings. The Balaban J connectivity index is 2.82. The smallest absolute Gasteiger partial charge is 0.163 e. The maximum Gasteiger partial charge on any atom is 0.163 e. The first-order valence-electron chi connectivity index (χ1n) is 4.69. The molecule has 0 unspecified atom stereocenters. The van der Waals surface area contributed by atoms with Gasteiger partial charge in [-0.2, -0.15) is 0 Å². The fourth-order valence-electron chi connectivity index (χ4n) is 1.15. The molecule has 1 aromatic carbocycles. The number of aliphatic hydroxyl groups is 1. The zero-order valence-corrected chi connectivity index (χ0v) is 10.1. The van der Waals surface area contributed by atoms with Crippen molar-refractivity contribution in [2.24, 2.45) is 0 Å². The third kappa shape index (κ3) is 3.64. The van der Waals surface area contributed by atoms with E-state index in [1.54, 1.807) is 18.2 Å². The Morgan fingerprint density at radius 1 is 1.53 bits per heavy atom. The summed E-state index contributed by atoms with van der Waals surface area (Å²) in [7, 11) is 0. The number of hydrogen-bond acceptors (Lipinski definition) is 3. The summed E-state index contributed by atoms with van der Waals surface area (Å²) in [5.41, 5.74) is 0.566. The number of carbonyl (C=O) groups is 1. The van der Waals surface area contributed by atoms with Gasteiger partial charge in [-0.3, -0.25) is 4.79 Å². The lowest BCUT2D eigenvalue weighted by Gasteiger charge is -2.09. The summed E-state index contributed by atoms with van der Waals surface area (Å²) in [6, 6.07) is 5.28. The van der Waals surface area contributed by atoms with Crippen LogP contribution in [0.2, 0.25) is 0 Å². The number of ketones is 1. The highest BCUT2D eigenvalue weighted by Gasteiger charge is 2.08. The zero-order valence-electron chi connectivity index (χ0n) is 8.50. The quantitative estimate of drug-likeness (QED) is 0.662. The predicted octanol–water partition coefficient (Wildman–Crippen LogP) is 2.41. The van der Waals surface area contributed by atoms with Crippen molar-refractivity contribution in [2.45, 2.75) is 13.3 Å². The maximum absolute atomic E-state index is 11.3. The first-order chi connectivity index (χ1) is 7.15. The van der Waals surface area contributed by atoms with Gasteiger partial charge in [0.25, 0.3) is 0 Å². The average Bonchev–Trinajstić information content (AvgIpc) is 2.18. The van der Waals surface area contributed by atoms with E-state index in [1.165, 1.54) is 6.92 Å². The van der Waals surface area contributed by atoms with Crippen LogP contribution in [0.3, 0.4) is 0 Å². The minimum Gasteiger partial charge on any atom is -0.493 e. The molecule has 15 heavy (non-hydrogen) atoms. The van der Waals surface area contributed by atoms with E-state index < -0.39 is 0 Å². The Kier molecular flexibility index (Phi) is 4.78. The van der Waals surface area contributed by atoms with Gasteiger partial charge in [0, 0.05) is 17.5 Å². The van der Waals surface area contributed by atoms with E-state index in [4.69, 9.17) is 9.84 Å². The topological polar surface area (TPSA) is 46.5 Å². The number of aliphatic hydroxyl groups excluding tert-OH is 1. The van der Waals surface area contributed by atoms with E-state index in [0.717, 1.165) is 4.47 Å². The van der Waals surface area contributed by atoms with Crippen LogP contribution in [0.5, 0.6) is 5.75 Å². The molecule has 4 heteroatoms. The van der Waals surface area contributed by atoms with Crippen LogP contribution in [0.1, 0.15) is 23.7 Å². The molecular formula is C11H13BrO3. The summed E-state index contributed by atoms with van der Waals surface area (Å²) in [6.07, 6.45) is 0.559. The summed E-state index contributed by atoms with van der Waals surface area (Å²) < 4.78 is 6.28. The minimum absolute atomic E-state index is 0.0264. The number of carbonyl (C=O) groups excluding carboxylic acids is 1. The van der Waals surface area contributed by atoms with Gasteiger partial charge >= 0.3 is 0 Å². The van der Waals surface area contributed by atoms with Crippen LogP contribution in [-0.4, -0.2) is 24.1 Å². The monoisotopic (exact) mass is 272 g/mol. The van der Waals surface area contributed by atoms with E-state index in [2.05, 4.69) is 15.9 Å². The van der Waals surface area contributed by atoms with Gasteiger partial charge in [-0.25, -0.2) is 0 Å². The van der Waals surface area contributed by atoms with Crippen molar-refractivity contribution in [2.75, 3.05) is 13.2 Å². The second kappa shape index (κ2) is 5.88. The van der Waals surface area contributed by atoms with E-state index in [9.17, 15) is 4.79 Å². The molecule has 0 saturated carbocycles. The molecular weight excluding hydrogens is 260 g/mol. The lowest BCUT2D eigenvalue weighted by molar-refractivity contribution is 0.101. The van der Waals surface area contributed by atoms with E-state index in [-0.39, 0.29) is 12.4 Å². The molecule has 0 aliphatic carbocycles. The van der Waals surface area contributed by atoms with Gasteiger partial charge in [-0.15, -0.1) is 0 Å². The van der Waals surface area contributed by atoms with Gasteiger partial charge < -0.3 is 9.84 Å². The molecule has 0 aromatic heterocycles. The average molecular weight is 273 g/mol. The van der Waals surface area contributed by atoms with Crippen molar-refractivity contribution in [1.29, 1.82) is 0 Å². The maximum atomic E-state index is 11.3. The van der Waals surface area contributed by atoms with E-state index in [0.29, 0.717) is 24.3 Å². The van der Waals surface area contributed by atoms with E-state index >= 15 is 0 Å². The van der Waals surface area contributed by atoms with Gasteiger partial charge in [-0.1, -0.05) is 15.9 Å². The molecule has 0 heterocycles. The molecule has 0 aliphatic heterocycles. The summed E-state index contributed by atoms with van der Waals surface area (Å²) in [5.74, 6) is 0.534. The number of Topliss-reactive ketones (excluding diaryl/α,β-unsaturated/α-hetero) is 1. The Labute approximate surface area is 97.2 Å². The van der Waals surface area contributed by atoms with Crippen LogP contribution in [0.25, 0.3) is 0 Å².